The Hall–Kier alpha value is -3.60. The highest BCUT2D eigenvalue weighted by molar-refractivity contribution is 7.89. The molecule has 1 aromatic heterocycles. The Morgan fingerprint density at radius 1 is 1.00 bits per heavy atom. The number of fused-ring (bicyclic) bond motifs is 1. The lowest BCUT2D eigenvalue weighted by Gasteiger charge is -2.17. The maximum Gasteiger partial charge on any atom is 0.325 e. The third-order valence-corrected chi connectivity index (χ3v) is 8.53. The first-order chi connectivity index (χ1) is 17.2. The molecule has 1 heterocycles. The molecule has 4 aromatic rings. The van der Waals surface area contributed by atoms with E-state index in [0.717, 1.165) is 21.3 Å². The van der Waals surface area contributed by atoms with Gasteiger partial charge < -0.3 is 9.30 Å². The van der Waals surface area contributed by atoms with Crippen LogP contribution < -0.4 is 4.80 Å². The second-order valence-electron chi connectivity index (χ2n) is 8.16. The zero-order valence-electron chi connectivity index (χ0n) is 20.0. The smallest absolute Gasteiger partial charge is 0.325 e. The number of nitrogens with zero attached hydrogens (tertiary/aromatic N) is 3. The third kappa shape index (κ3) is 5.30. The van der Waals surface area contributed by atoms with Gasteiger partial charge in [0.1, 0.15) is 6.54 Å². The van der Waals surface area contributed by atoms with Crippen molar-refractivity contribution in [3.63, 3.8) is 0 Å². The van der Waals surface area contributed by atoms with Crippen molar-refractivity contribution in [2.24, 2.45) is 4.99 Å². The summed E-state index contributed by atoms with van der Waals surface area (Å²) in [6.45, 7) is 2.06. The number of aromatic nitrogens is 1. The van der Waals surface area contributed by atoms with Crippen LogP contribution >= 0.6 is 11.3 Å². The second-order valence-corrected chi connectivity index (χ2v) is 11.2. The van der Waals surface area contributed by atoms with Crippen molar-refractivity contribution in [2.45, 2.75) is 24.9 Å². The molecule has 0 radical (unpaired) electrons. The quantitative estimate of drug-likeness (QED) is 0.344. The van der Waals surface area contributed by atoms with Gasteiger partial charge >= 0.3 is 5.97 Å². The van der Waals surface area contributed by atoms with E-state index in [4.69, 9.17) is 4.74 Å². The summed E-state index contributed by atoms with van der Waals surface area (Å²) >= 11 is 1.29. The number of carbonyl (C=O) groups is 2. The first-order valence-corrected chi connectivity index (χ1v) is 13.3. The zero-order valence-corrected chi connectivity index (χ0v) is 21.7. The zero-order chi connectivity index (χ0) is 25.9. The summed E-state index contributed by atoms with van der Waals surface area (Å²) in [5.41, 5.74) is 2.85. The van der Waals surface area contributed by atoms with E-state index >= 15 is 0 Å². The molecule has 186 valence electrons. The van der Waals surface area contributed by atoms with Crippen molar-refractivity contribution in [3.8, 4) is 0 Å². The topological polar surface area (TPSA) is 98.0 Å². The van der Waals surface area contributed by atoms with Crippen LogP contribution in [0.15, 0.2) is 82.7 Å². The minimum atomic E-state index is -3.75. The normalized spacial score (nSPS) is 12.3. The molecule has 8 nitrogen and oxygen atoms in total. The van der Waals surface area contributed by atoms with Crippen LogP contribution in [0.5, 0.6) is 0 Å². The average molecular weight is 524 g/mol. The lowest BCUT2D eigenvalue weighted by atomic mass is 10.2. The molecule has 1 amide bonds. The standard InChI is InChI=1S/C26H25N3O5S2/c1-18-8-7-11-22-24(18)29(17-23(30)34-3)26(35-22)27-25(31)20-12-14-21(15-13-20)36(32,33)28(2)16-19-9-5-4-6-10-19/h4-15H,16-17H2,1-3H3. The number of amides is 1. The van der Waals surface area contributed by atoms with Crippen molar-refractivity contribution in [1.29, 1.82) is 0 Å². The third-order valence-electron chi connectivity index (χ3n) is 5.67. The summed E-state index contributed by atoms with van der Waals surface area (Å²) in [6, 6.07) is 20.7. The Bertz CT molecular complexity index is 1590. The fraction of sp³-hybridized carbons (Fsp3) is 0.192. The highest BCUT2D eigenvalue weighted by Crippen LogP contribution is 2.22. The minimum absolute atomic E-state index is 0.0794. The molecular formula is C26H25N3O5S2. The first kappa shape index (κ1) is 25.5. The van der Waals surface area contributed by atoms with Crippen LogP contribution in [0, 0.1) is 6.92 Å². The number of hydrogen-bond acceptors (Lipinski definition) is 6. The van der Waals surface area contributed by atoms with Gasteiger partial charge in [0, 0.05) is 19.2 Å². The van der Waals surface area contributed by atoms with Gasteiger partial charge in [-0.25, -0.2) is 8.42 Å². The van der Waals surface area contributed by atoms with Crippen LogP contribution in [0.1, 0.15) is 21.5 Å². The van der Waals surface area contributed by atoms with Crippen molar-refractivity contribution >= 4 is 43.5 Å². The molecule has 36 heavy (non-hydrogen) atoms. The highest BCUT2D eigenvalue weighted by Gasteiger charge is 2.21. The van der Waals surface area contributed by atoms with Gasteiger partial charge in [0.2, 0.25) is 10.0 Å². The van der Waals surface area contributed by atoms with Crippen molar-refractivity contribution in [1.82, 2.24) is 8.87 Å². The van der Waals surface area contributed by atoms with Crippen molar-refractivity contribution in [2.75, 3.05) is 14.2 Å². The van der Waals surface area contributed by atoms with E-state index in [1.165, 1.54) is 54.1 Å². The predicted molar refractivity (Wildman–Crippen MR) is 138 cm³/mol. The summed E-state index contributed by atoms with van der Waals surface area (Å²) in [7, 11) is -0.927. The number of methoxy groups -OCH3 is 1. The van der Waals surface area contributed by atoms with Gasteiger partial charge in [-0.1, -0.05) is 53.8 Å². The molecule has 4 rings (SSSR count). The van der Waals surface area contributed by atoms with Gasteiger partial charge in [-0.3, -0.25) is 9.59 Å². The number of thiazole rings is 1. The van der Waals surface area contributed by atoms with E-state index in [9.17, 15) is 18.0 Å². The van der Waals surface area contributed by atoms with Gasteiger partial charge in [-0.05, 0) is 48.4 Å². The van der Waals surface area contributed by atoms with Gasteiger partial charge in [0.15, 0.2) is 4.80 Å². The van der Waals surface area contributed by atoms with Crippen LogP contribution in [0.4, 0.5) is 0 Å². The summed E-state index contributed by atoms with van der Waals surface area (Å²) in [5, 5.41) is 0. The largest absolute Gasteiger partial charge is 0.468 e. The number of ether oxygens (including phenoxy) is 1. The number of benzene rings is 3. The molecule has 0 saturated carbocycles. The molecule has 10 heteroatoms. The minimum Gasteiger partial charge on any atom is -0.468 e. The SMILES string of the molecule is COC(=O)Cn1c(=NC(=O)c2ccc(S(=O)(=O)N(C)Cc3ccccc3)cc2)sc2cccc(C)c21. The Labute approximate surface area is 213 Å². The number of esters is 1. The fourth-order valence-corrected chi connectivity index (χ4v) is 6.02. The van der Waals surface area contributed by atoms with Crippen molar-refractivity contribution in [3.05, 3.63) is 94.3 Å². The fourth-order valence-electron chi connectivity index (χ4n) is 3.76. The molecule has 0 aliphatic heterocycles. The van der Waals surface area contributed by atoms with Gasteiger partial charge in [-0.15, -0.1) is 0 Å². The van der Waals surface area contributed by atoms with Crippen LogP contribution in [0.3, 0.4) is 0 Å². The number of hydrogen-bond donors (Lipinski definition) is 0. The number of aryl methyl sites for hydroxylation is 1. The molecule has 0 saturated heterocycles. The van der Waals surface area contributed by atoms with Gasteiger partial charge in [0.25, 0.3) is 5.91 Å². The summed E-state index contributed by atoms with van der Waals surface area (Å²) in [4.78, 5) is 29.7. The molecular weight excluding hydrogens is 498 g/mol. The summed E-state index contributed by atoms with van der Waals surface area (Å²) in [6.07, 6.45) is 0. The summed E-state index contributed by atoms with van der Waals surface area (Å²) in [5.74, 6) is -1.000. The van der Waals surface area contributed by atoms with Gasteiger partial charge in [-0.2, -0.15) is 9.30 Å². The Morgan fingerprint density at radius 2 is 1.69 bits per heavy atom. The molecule has 0 atom stereocenters. The van der Waals surface area contributed by atoms with Crippen LogP contribution in [-0.4, -0.2) is 43.3 Å². The highest BCUT2D eigenvalue weighted by atomic mass is 32.2. The molecule has 3 aromatic carbocycles. The predicted octanol–water partition coefficient (Wildman–Crippen LogP) is 3.75. The lowest BCUT2D eigenvalue weighted by Crippen LogP contribution is -2.26. The van der Waals surface area contributed by atoms with E-state index in [2.05, 4.69) is 4.99 Å². The number of sulfonamides is 1. The van der Waals surface area contributed by atoms with E-state index in [0.29, 0.717) is 4.80 Å². The molecule has 0 aliphatic rings. The molecule has 0 N–H and O–H groups in total. The molecule has 0 aliphatic carbocycles. The first-order valence-electron chi connectivity index (χ1n) is 11.1. The molecule has 0 fully saturated rings. The van der Waals surface area contributed by atoms with Crippen LogP contribution in [-0.2, 0) is 32.6 Å². The van der Waals surface area contributed by atoms with E-state index < -0.39 is 21.9 Å². The van der Waals surface area contributed by atoms with Crippen molar-refractivity contribution < 1.29 is 22.7 Å². The van der Waals surface area contributed by atoms with E-state index in [-0.39, 0.29) is 23.5 Å². The number of para-hydroxylation sites is 1. The van der Waals surface area contributed by atoms with Gasteiger partial charge in [0.05, 0.1) is 22.2 Å². The number of rotatable bonds is 7. The monoisotopic (exact) mass is 523 g/mol. The van der Waals surface area contributed by atoms with E-state index in [1.54, 1.807) is 4.57 Å². The Morgan fingerprint density at radius 3 is 2.36 bits per heavy atom. The van der Waals surface area contributed by atoms with Crippen LogP contribution in [0.2, 0.25) is 0 Å². The average Bonchev–Trinajstić information content (AvgIpc) is 3.22. The molecule has 0 bridgehead atoms. The molecule has 0 unspecified atom stereocenters. The summed E-state index contributed by atoms with van der Waals surface area (Å²) < 4.78 is 34.6. The Balaban J connectivity index is 1.63. The second kappa shape index (κ2) is 10.6. The van der Waals surface area contributed by atoms with E-state index in [1.807, 2.05) is 55.5 Å². The van der Waals surface area contributed by atoms with Crippen LogP contribution in [0.25, 0.3) is 10.2 Å². The molecule has 0 spiro atoms. The Kier molecular flexibility index (Phi) is 7.48. The maximum absolute atomic E-state index is 13.0. The maximum atomic E-state index is 13.0. The number of carbonyl (C=O) groups excluding carboxylic acids is 2. The lowest BCUT2D eigenvalue weighted by molar-refractivity contribution is -0.141.